The molecule has 0 aliphatic heterocycles. The largest absolute Gasteiger partial charge is 0.274 e. The van der Waals surface area contributed by atoms with E-state index in [9.17, 15) is 9.59 Å². The van der Waals surface area contributed by atoms with Crippen LogP contribution in [0.4, 0.5) is 0 Å². The molecule has 0 aliphatic carbocycles. The highest BCUT2D eigenvalue weighted by molar-refractivity contribution is 6.35. The molecule has 0 aliphatic rings. The third-order valence-corrected chi connectivity index (χ3v) is 5.59. The highest BCUT2D eigenvalue weighted by Gasteiger charge is 2.26. The molecule has 2 rings (SSSR count). The van der Waals surface area contributed by atoms with Crippen LogP contribution in [0.15, 0.2) is 48.5 Å². The Morgan fingerprint density at radius 3 is 1.55 bits per heavy atom. The standard InChI is InChI=1S/C24H29Cl2NO2/c1-2-3-4-5-6-7-8-13-18-27(23(28)19-14-9-11-16-21(19)25)24(29)20-15-10-12-17-22(20)26/h9-12,14-17H,2-8,13,18H2,1H3. The first-order valence-electron chi connectivity index (χ1n) is 10.4. The minimum absolute atomic E-state index is 0.328. The van der Waals surface area contributed by atoms with Crippen LogP contribution in [0.1, 0.15) is 79.0 Å². The number of carbonyl (C=O) groups is 2. The lowest BCUT2D eigenvalue weighted by Gasteiger charge is -2.22. The Hall–Kier alpha value is -1.84. The second kappa shape index (κ2) is 12.7. The molecule has 0 unspecified atom stereocenters. The molecule has 0 aromatic heterocycles. The van der Waals surface area contributed by atoms with Crippen molar-refractivity contribution >= 4 is 35.0 Å². The predicted octanol–water partition coefficient (Wildman–Crippen LogP) is 7.42. The summed E-state index contributed by atoms with van der Waals surface area (Å²) in [5.74, 6) is -0.771. The summed E-state index contributed by atoms with van der Waals surface area (Å²) < 4.78 is 0. The molecule has 156 valence electrons. The van der Waals surface area contributed by atoms with Crippen molar-refractivity contribution in [2.75, 3.05) is 6.54 Å². The number of carbonyl (C=O) groups excluding carboxylic acids is 2. The molecule has 2 aromatic rings. The molecule has 3 nitrogen and oxygen atoms in total. The van der Waals surface area contributed by atoms with Gasteiger partial charge in [-0.3, -0.25) is 14.5 Å². The van der Waals surface area contributed by atoms with Crippen molar-refractivity contribution in [3.8, 4) is 0 Å². The summed E-state index contributed by atoms with van der Waals surface area (Å²) in [5.41, 5.74) is 0.656. The molecule has 29 heavy (non-hydrogen) atoms. The SMILES string of the molecule is CCCCCCCCCCN(C(=O)c1ccccc1Cl)C(=O)c1ccccc1Cl. The first-order chi connectivity index (χ1) is 14.1. The number of hydrogen-bond donors (Lipinski definition) is 0. The van der Waals surface area contributed by atoms with Gasteiger partial charge in [0.05, 0.1) is 21.2 Å². The summed E-state index contributed by atoms with van der Waals surface area (Å²) in [4.78, 5) is 27.5. The summed E-state index contributed by atoms with van der Waals surface area (Å²) in [6, 6.07) is 13.6. The van der Waals surface area contributed by atoms with Gasteiger partial charge in [0.25, 0.3) is 11.8 Å². The molecule has 0 radical (unpaired) electrons. The average Bonchev–Trinajstić information content (AvgIpc) is 2.72. The first-order valence-corrected chi connectivity index (χ1v) is 11.2. The highest BCUT2D eigenvalue weighted by Crippen LogP contribution is 2.22. The van der Waals surface area contributed by atoms with Gasteiger partial charge >= 0.3 is 0 Å². The predicted molar refractivity (Wildman–Crippen MR) is 121 cm³/mol. The fraction of sp³-hybridized carbons (Fsp3) is 0.417. The van der Waals surface area contributed by atoms with E-state index in [2.05, 4.69) is 6.92 Å². The number of amides is 2. The van der Waals surface area contributed by atoms with Crippen LogP contribution >= 0.6 is 23.2 Å². The van der Waals surface area contributed by atoms with Crippen LogP contribution in [0.25, 0.3) is 0 Å². The minimum Gasteiger partial charge on any atom is -0.274 e. The average molecular weight is 434 g/mol. The number of unbranched alkanes of at least 4 members (excludes halogenated alkanes) is 7. The van der Waals surface area contributed by atoms with Crippen LogP contribution in [0.2, 0.25) is 10.0 Å². The fourth-order valence-corrected chi connectivity index (χ4v) is 3.69. The number of imide groups is 1. The summed E-state index contributed by atoms with van der Waals surface area (Å²) in [6.07, 6.45) is 9.09. The lowest BCUT2D eigenvalue weighted by atomic mass is 10.1. The summed E-state index contributed by atoms with van der Waals surface area (Å²) >= 11 is 12.4. The van der Waals surface area contributed by atoms with Crippen LogP contribution < -0.4 is 0 Å². The van der Waals surface area contributed by atoms with Crippen molar-refractivity contribution in [1.82, 2.24) is 4.90 Å². The maximum Gasteiger partial charge on any atom is 0.262 e. The molecule has 5 heteroatoms. The molecular weight excluding hydrogens is 405 g/mol. The summed E-state index contributed by atoms with van der Waals surface area (Å²) in [5, 5.41) is 0.677. The van der Waals surface area contributed by atoms with Gasteiger partial charge in [0.15, 0.2) is 0 Å². The molecule has 2 aromatic carbocycles. The van der Waals surface area contributed by atoms with Gasteiger partial charge in [0, 0.05) is 6.54 Å². The van der Waals surface area contributed by atoms with E-state index in [1.807, 2.05) is 0 Å². The van der Waals surface area contributed by atoms with E-state index in [0.29, 0.717) is 27.7 Å². The Bertz CT molecular complexity index is 749. The fourth-order valence-electron chi connectivity index (χ4n) is 3.26. The van der Waals surface area contributed by atoms with E-state index in [1.165, 1.54) is 37.0 Å². The zero-order valence-electron chi connectivity index (χ0n) is 17.0. The van der Waals surface area contributed by atoms with Crippen molar-refractivity contribution in [3.05, 3.63) is 69.7 Å². The van der Waals surface area contributed by atoms with Gasteiger partial charge in [-0.2, -0.15) is 0 Å². The number of halogens is 2. The lowest BCUT2D eigenvalue weighted by molar-refractivity contribution is 0.0613. The topological polar surface area (TPSA) is 37.4 Å². The van der Waals surface area contributed by atoms with E-state index in [0.717, 1.165) is 19.3 Å². The van der Waals surface area contributed by atoms with Gasteiger partial charge in [-0.25, -0.2) is 0 Å². The molecule has 0 fully saturated rings. The lowest BCUT2D eigenvalue weighted by Crippen LogP contribution is -2.38. The zero-order valence-corrected chi connectivity index (χ0v) is 18.5. The van der Waals surface area contributed by atoms with Crippen molar-refractivity contribution in [3.63, 3.8) is 0 Å². The highest BCUT2D eigenvalue weighted by atomic mass is 35.5. The third kappa shape index (κ3) is 7.17. The van der Waals surface area contributed by atoms with Crippen LogP contribution in [-0.4, -0.2) is 23.3 Å². The van der Waals surface area contributed by atoms with Gasteiger partial charge in [0.1, 0.15) is 0 Å². The number of rotatable bonds is 11. The summed E-state index contributed by atoms with van der Waals surface area (Å²) in [6.45, 7) is 2.56. The Balaban J connectivity index is 2.06. The summed E-state index contributed by atoms with van der Waals surface area (Å²) in [7, 11) is 0. The molecule has 2 amide bonds. The van der Waals surface area contributed by atoms with Gasteiger partial charge in [-0.05, 0) is 30.7 Å². The van der Waals surface area contributed by atoms with Crippen molar-refractivity contribution in [2.24, 2.45) is 0 Å². The Labute approximate surface area is 184 Å². The zero-order chi connectivity index (χ0) is 21.1. The van der Waals surface area contributed by atoms with E-state index < -0.39 is 0 Å². The van der Waals surface area contributed by atoms with Crippen molar-refractivity contribution < 1.29 is 9.59 Å². The molecule has 0 saturated carbocycles. The van der Waals surface area contributed by atoms with Gasteiger partial charge in [-0.1, -0.05) is 99.3 Å². The maximum absolute atomic E-state index is 13.1. The Morgan fingerprint density at radius 1 is 0.690 bits per heavy atom. The minimum atomic E-state index is -0.386. The Morgan fingerprint density at radius 2 is 1.10 bits per heavy atom. The van der Waals surface area contributed by atoms with Crippen LogP contribution in [0.3, 0.4) is 0 Å². The van der Waals surface area contributed by atoms with Crippen LogP contribution in [0, 0.1) is 0 Å². The third-order valence-electron chi connectivity index (χ3n) is 4.93. The molecule has 0 atom stereocenters. The molecule has 0 saturated heterocycles. The van der Waals surface area contributed by atoms with Gasteiger partial charge < -0.3 is 0 Å². The van der Waals surface area contributed by atoms with Gasteiger partial charge in [-0.15, -0.1) is 0 Å². The van der Waals surface area contributed by atoms with Crippen LogP contribution in [-0.2, 0) is 0 Å². The molecule has 0 spiro atoms. The maximum atomic E-state index is 13.1. The van der Waals surface area contributed by atoms with Gasteiger partial charge in [0.2, 0.25) is 0 Å². The number of hydrogen-bond acceptors (Lipinski definition) is 2. The van der Waals surface area contributed by atoms with E-state index in [4.69, 9.17) is 23.2 Å². The number of nitrogens with zero attached hydrogens (tertiary/aromatic N) is 1. The first kappa shape index (κ1) is 23.4. The van der Waals surface area contributed by atoms with E-state index in [-0.39, 0.29) is 11.8 Å². The van der Waals surface area contributed by atoms with Crippen molar-refractivity contribution in [1.29, 1.82) is 0 Å². The van der Waals surface area contributed by atoms with E-state index in [1.54, 1.807) is 48.5 Å². The molecule has 0 bridgehead atoms. The number of benzene rings is 2. The smallest absolute Gasteiger partial charge is 0.262 e. The molecular formula is C24H29Cl2NO2. The van der Waals surface area contributed by atoms with E-state index >= 15 is 0 Å². The normalized spacial score (nSPS) is 10.7. The van der Waals surface area contributed by atoms with Crippen LogP contribution in [0.5, 0.6) is 0 Å². The molecule has 0 heterocycles. The molecule has 0 N–H and O–H groups in total. The second-order valence-electron chi connectivity index (χ2n) is 7.20. The quantitative estimate of drug-likeness (QED) is 0.273. The monoisotopic (exact) mass is 433 g/mol. The van der Waals surface area contributed by atoms with Crippen molar-refractivity contribution in [2.45, 2.75) is 58.3 Å². The Kier molecular flexibility index (Phi) is 10.2. The second-order valence-corrected chi connectivity index (χ2v) is 8.01.